The third kappa shape index (κ3) is 4.72. The quantitative estimate of drug-likeness (QED) is 0.717. The van der Waals surface area contributed by atoms with Crippen LogP contribution in [0.1, 0.15) is 33.6 Å². The van der Waals surface area contributed by atoms with Crippen LogP contribution in [0.4, 0.5) is 10.6 Å². The van der Waals surface area contributed by atoms with Crippen molar-refractivity contribution in [3.8, 4) is 0 Å². The molecule has 0 atom stereocenters. The molecule has 0 bridgehead atoms. The molecule has 10 nitrogen and oxygen atoms in total. The number of halogens is 1. The summed E-state index contributed by atoms with van der Waals surface area (Å²) in [6.07, 6.45) is 3.61. The average Bonchev–Trinajstić information content (AvgIpc) is 2.95. The Labute approximate surface area is 171 Å². The smallest absolute Gasteiger partial charge is 0.410 e. The molecule has 2 aromatic heterocycles. The topological polar surface area (TPSA) is 119 Å². The first kappa shape index (κ1) is 20.8. The number of likely N-dealkylation sites (tertiary alicyclic amines) is 1. The summed E-state index contributed by atoms with van der Waals surface area (Å²) in [6, 6.07) is 0.0141. The van der Waals surface area contributed by atoms with Gasteiger partial charge in [0, 0.05) is 25.4 Å². The van der Waals surface area contributed by atoms with Crippen molar-refractivity contribution in [1.82, 2.24) is 24.5 Å². The zero-order chi connectivity index (χ0) is 20.7. The monoisotopic (exact) mass is 474 g/mol. The molecule has 3 rings (SSSR count). The van der Waals surface area contributed by atoms with Gasteiger partial charge in [0.15, 0.2) is 11.5 Å². The van der Waals surface area contributed by atoms with Crippen LogP contribution < -0.4 is 5.32 Å². The second-order valence-corrected chi connectivity index (χ2v) is 10.4. The number of ether oxygens (including phenoxy) is 1. The molecule has 0 radical (unpaired) electrons. The summed E-state index contributed by atoms with van der Waals surface area (Å²) in [7, 11) is -3.59. The van der Waals surface area contributed by atoms with Crippen LogP contribution in [0.15, 0.2) is 16.0 Å². The lowest BCUT2D eigenvalue weighted by atomic mass is 10.1. The Kier molecular flexibility index (Phi) is 5.54. The number of hydrogen-bond donors (Lipinski definition) is 1. The van der Waals surface area contributed by atoms with Crippen LogP contribution in [0.2, 0.25) is 0 Å². The van der Waals surface area contributed by atoms with Crippen molar-refractivity contribution in [3.05, 3.63) is 10.8 Å². The van der Waals surface area contributed by atoms with E-state index in [4.69, 9.17) is 4.74 Å². The predicted molar refractivity (Wildman–Crippen MR) is 106 cm³/mol. The van der Waals surface area contributed by atoms with Crippen LogP contribution in [-0.2, 0) is 14.6 Å². The van der Waals surface area contributed by atoms with Gasteiger partial charge in [0.05, 0.1) is 6.20 Å². The maximum atomic E-state index is 12.2. The molecule has 28 heavy (non-hydrogen) atoms. The number of hydrogen-bond acceptors (Lipinski definition) is 8. The summed E-state index contributed by atoms with van der Waals surface area (Å²) in [5, 5.41) is 7.00. The molecule has 3 heterocycles. The summed E-state index contributed by atoms with van der Waals surface area (Å²) in [6.45, 7) is 6.57. The molecule has 1 fully saturated rings. The number of sulfone groups is 1. The number of carbonyl (C=O) groups excluding carboxylic acids is 1. The first-order chi connectivity index (χ1) is 12.9. The standard InChI is InChI=1S/C16H23BrN6O4S/c1-16(2,3)27-15(24)22-7-5-10(6-8-22)19-12-13-18-9-11(17)23(13)21-14(20-12)28(4,25)26/h9-10H,5-8H2,1-4H3,(H,19,20,21). The summed E-state index contributed by atoms with van der Waals surface area (Å²) in [5.74, 6) is 0.344. The second-order valence-electron chi connectivity index (χ2n) is 7.72. The van der Waals surface area contributed by atoms with Crippen molar-refractivity contribution in [2.45, 2.75) is 50.4 Å². The van der Waals surface area contributed by atoms with E-state index < -0.39 is 15.4 Å². The van der Waals surface area contributed by atoms with E-state index in [9.17, 15) is 13.2 Å². The molecule has 1 amide bonds. The minimum absolute atomic E-state index is 0.0141. The average molecular weight is 475 g/mol. The van der Waals surface area contributed by atoms with Crippen LogP contribution >= 0.6 is 15.9 Å². The molecule has 0 unspecified atom stereocenters. The van der Waals surface area contributed by atoms with Crippen molar-refractivity contribution >= 4 is 43.3 Å². The van der Waals surface area contributed by atoms with E-state index >= 15 is 0 Å². The third-order valence-corrected chi connectivity index (χ3v) is 5.50. The van der Waals surface area contributed by atoms with Crippen LogP contribution in [0.5, 0.6) is 0 Å². The molecule has 0 saturated carbocycles. The van der Waals surface area contributed by atoms with Crippen LogP contribution in [-0.4, -0.2) is 70.0 Å². The molecule has 1 aliphatic rings. The lowest BCUT2D eigenvalue weighted by molar-refractivity contribution is 0.0210. The van der Waals surface area contributed by atoms with E-state index in [2.05, 4.69) is 36.3 Å². The van der Waals surface area contributed by atoms with Gasteiger partial charge >= 0.3 is 6.09 Å². The van der Waals surface area contributed by atoms with Crippen molar-refractivity contribution < 1.29 is 17.9 Å². The molecule has 0 spiro atoms. The molecule has 1 saturated heterocycles. The summed E-state index contributed by atoms with van der Waals surface area (Å²) >= 11 is 3.30. The lowest BCUT2D eigenvalue weighted by Crippen LogP contribution is -2.44. The Hall–Kier alpha value is -1.95. The van der Waals surface area contributed by atoms with Crippen molar-refractivity contribution in [2.75, 3.05) is 24.7 Å². The van der Waals surface area contributed by atoms with Crippen LogP contribution in [0.3, 0.4) is 0 Å². The Morgan fingerprint density at radius 1 is 1.32 bits per heavy atom. The van der Waals surface area contributed by atoms with Gasteiger partial charge in [-0.15, -0.1) is 5.10 Å². The molecular formula is C16H23BrN6O4S. The van der Waals surface area contributed by atoms with E-state index in [0.29, 0.717) is 42.0 Å². The SMILES string of the molecule is CC(C)(C)OC(=O)N1CCC(Nc2nc(S(C)(=O)=O)nn3c(Br)cnc23)CC1. The van der Waals surface area contributed by atoms with Gasteiger partial charge in [0.1, 0.15) is 10.2 Å². The zero-order valence-electron chi connectivity index (χ0n) is 16.1. The summed E-state index contributed by atoms with van der Waals surface area (Å²) < 4.78 is 31.2. The Morgan fingerprint density at radius 2 is 1.96 bits per heavy atom. The molecule has 0 aliphatic carbocycles. The number of amides is 1. The van der Waals surface area contributed by atoms with Gasteiger partial charge in [-0.25, -0.2) is 22.7 Å². The molecule has 1 aliphatic heterocycles. The number of piperidine rings is 1. The zero-order valence-corrected chi connectivity index (χ0v) is 18.5. The first-order valence-electron chi connectivity index (χ1n) is 8.80. The normalized spacial score (nSPS) is 16.4. The van der Waals surface area contributed by atoms with Crippen molar-refractivity contribution in [3.63, 3.8) is 0 Å². The number of anilines is 1. The Morgan fingerprint density at radius 3 is 2.54 bits per heavy atom. The molecule has 1 N–H and O–H groups in total. The molecule has 154 valence electrons. The summed E-state index contributed by atoms with van der Waals surface area (Å²) in [4.78, 5) is 22.3. The van der Waals surface area contributed by atoms with E-state index in [0.717, 1.165) is 6.26 Å². The van der Waals surface area contributed by atoms with Gasteiger partial charge in [-0.05, 0) is 49.5 Å². The minimum Gasteiger partial charge on any atom is -0.444 e. The highest BCUT2D eigenvalue weighted by molar-refractivity contribution is 9.10. The maximum Gasteiger partial charge on any atom is 0.410 e. The fourth-order valence-electron chi connectivity index (χ4n) is 2.82. The number of rotatable bonds is 3. The fourth-order valence-corrected chi connectivity index (χ4v) is 3.65. The first-order valence-corrected chi connectivity index (χ1v) is 11.5. The maximum absolute atomic E-state index is 12.2. The van der Waals surface area contributed by atoms with Gasteiger partial charge in [-0.3, -0.25) is 0 Å². The highest BCUT2D eigenvalue weighted by Gasteiger charge is 2.28. The number of carbonyl (C=O) groups is 1. The molecular weight excluding hydrogens is 452 g/mol. The number of fused-ring (bicyclic) bond motifs is 1. The number of nitrogens with one attached hydrogen (secondary N) is 1. The Bertz CT molecular complexity index is 992. The molecule has 2 aromatic rings. The van der Waals surface area contributed by atoms with Gasteiger partial charge < -0.3 is 15.0 Å². The predicted octanol–water partition coefficient (Wildman–Crippen LogP) is 2.10. The van der Waals surface area contributed by atoms with Gasteiger partial charge in [0.2, 0.25) is 9.84 Å². The number of aromatic nitrogens is 4. The lowest BCUT2D eigenvalue weighted by Gasteiger charge is -2.33. The molecule has 12 heteroatoms. The van der Waals surface area contributed by atoms with Crippen LogP contribution in [0.25, 0.3) is 5.65 Å². The number of nitrogens with zero attached hydrogens (tertiary/aromatic N) is 5. The largest absolute Gasteiger partial charge is 0.444 e. The van der Waals surface area contributed by atoms with E-state index in [1.165, 1.54) is 10.7 Å². The van der Waals surface area contributed by atoms with Gasteiger partial charge in [0.25, 0.3) is 5.16 Å². The molecule has 0 aromatic carbocycles. The highest BCUT2D eigenvalue weighted by atomic mass is 79.9. The van der Waals surface area contributed by atoms with E-state index in [1.54, 1.807) is 4.90 Å². The highest BCUT2D eigenvalue weighted by Crippen LogP contribution is 2.23. The fraction of sp³-hybridized carbons (Fsp3) is 0.625. The third-order valence-electron chi connectivity index (χ3n) is 4.12. The summed E-state index contributed by atoms with van der Waals surface area (Å²) in [5.41, 5.74) is -0.108. The van der Waals surface area contributed by atoms with Crippen molar-refractivity contribution in [1.29, 1.82) is 0 Å². The Balaban J connectivity index is 1.75. The number of imidazole rings is 1. The van der Waals surface area contributed by atoms with Crippen LogP contribution in [0, 0.1) is 0 Å². The van der Waals surface area contributed by atoms with E-state index in [-0.39, 0.29) is 17.3 Å². The van der Waals surface area contributed by atoms with Crippen molar-refractivity contribution in [2.24, 2.45) is 0 Å². The van der Waals surface area contributed by atoms with E-state index in [1.807, 2.05) is 20.8 Å². The van der Waals surface area contributed by atoms with Gasteiger partial charge in [-0.1, -0.05) is 0 Å². The minimum atomic E-state index is -3.59. The van der Waals surface area contributed by atoms with Gasteiger partial charge in [-0.2, -0.15) is 4.98 Å². The second kappa shape index (κ2) is 7.47.